The zero-order valence-corrected chi connectivity index (χ0v) is 17.2. The van der Waals surface area contributed by atoms with E-state index in [2.05, 4.69) is 22.3 Å². The Morgan fingerprint density at radius 2 is 1.77 bits per heavy atom. The van der Waals surface area contributed by atoms with E-state index in [-0.39, 0.29) is 6.42 Å². The summed E-state index contributed by atoms with van der Waals surface area (Å²) in [7, 11) is 1.23. The average molecular weight is 411 g/mol. The van der Waals surface area contributed by atoms with Crippen LogP contribution in [-0.4, -0.2) is 56.0 Å². The number of hydrogen-bond acceptors (Lipinski definition) is 7. The zero-order chi connectivity index (χ0) is 21.5. The number of hydrogen-bond donors (Lipinski definition) is 0. The number of aryl methyl sites for hydroxylation is 1. The minimum Gasteiger partial charge on any atom is -0.467 e. The molecular weight excluding hydrogens is 386 g/mol. The first kappa shape index (κ1) is 21.4. The van der Waals surface area contributed by atoms with Crippen molar-refractivity contribution in [2.24, 2.45) is 0 Å². The predicted molar refractivity (Wildman–Crippen MR) is 108 cm³/mol. The van der Waals surface area contributed by atoms with E-state index < -0.39 is 23.8 Å². The van der Waals surface area contributed by atoms with E-state index in [1.54, 1.807) is 24.3 Å². The summed E-state index contributed by atoms with van der Waals surface area (Å²) in [5.41, 5.74) is 1.50. The molecule has 9 heteroatoms. The van der Waals surface area contributed by atoms with Crippen LogP contribution in [0.2, 0.25) is 0 Å². The zero-order valence-electron chi connectivity index (χ0n) is 17.2. The lowest BCUT2D eigenvalue weighted by Gasteiger charge is -2.23. The lowest BCUT2D eigenvalue weighted by Crippen LogP contribution is -2.46. The molecule has 1 aromatic carbocycles. The van der Waals surface area contributed by atoms with E-state index in [4.69, 9.17) is 4.74 Å². The molecule has 30 heavy (non-hydrogen) atoms. The third-order valence-electron chi connectivity index (χ3n) is 4.93. The molecule has 1 atom stereocenters. The first-order valence-electron chi connectivity index (χ1n) is 10.0. The molecule has 1 aliphatic rings. The van der Waals surface area contributed by atoms with Crippen molar-refractivity contribution in [1.82, 2.24) is 25.1 Å². The van der Waals surface area contributed by atoms with Crippen molar-refractivity contribution in [1.29, 1.82) is 0 Å². The SMILES string of the molecule is CCCCCCc1nnn(-c2ccc(C[C@@H](C(=O)OC)N3C(=O)C=CC3=O)cc2)n1. The number of tetrazole rings is 1. The van der Waals surface area contributed by atoms with E-state index >= 15 is 0 Å². The first-order chi connectivity index (χ1) is 14.5. The van der Waals surface area contributed by atoms with Gasteiger partial charge < -0.3 is 4.74 Å². The van der Waals surface area contributed by atoms with Gasteiger partial charge in [-0.3, -0.25) is 14.5 Å². The number of ether oxygens (including phenoxy) is 1. The second-order valence-electron chi connectivity index (χ2n) is 7.10. The Kier molecular flexibility index (Phi) is 7.05. The summed E-state index contributed by atoms with van der Waals surface area (Å²) in [6, 6.07) is 6.19. The molecule has 3 rings (SSSR count). The fourth-order valence-electron chi connectivity index (χ4n) is 3.29. The number of carbonyl (C=O) groups excluding carboxylic acids is 3. The summed E-state index contributed by atoms with van der Waals surface area (Å²) in [5, 5.41) is 12.6. The number of rotatable bonds is 10. The maximum absolute atomic E-state index is 12.2. The maximum atomic E-state index is 12.2. The number of aromatic nitrogens is 4. The average Bonchev–Trinajstić information content (AvgIpc) is 3.36. The van der Waals surface area contributed by atoms with Crippen molar-refractivity contribution in [2.75, 3.05) is 7.11 Å². The molecule has 2 aromatic rings. The minimum atomic E-state index is -1.02. The predicted octanol–water partition coefficient (Wildman–Crippen LogP) is 1.79. The third-order valence-corrected chi connectivity index (χ3v) is 4.93. The molecule has 0 fully saturated rings. The topological polar surface area (TPSA) is 107 Å². The molecule has 0 saturated carbocycles. The van der Waals surface area contributed by atoms with Crippen LogP contribution in [0.4, 0.5) is 0 Å². The van der Waals surface area contributed by atoms with Crippen molar-refractivity contribution < 1.29 is 19.1 Å². The molecule has 0 saturated heterocycles. The van der Waals surface area contributed by atoms with Gasteiger partial charge in [0, 0.05) is 25.0 Å². The van der Waals surface area contributed by atoms with Crippen molar-refractivity contribution in [3.05, 3.63) is 47.8 Å². The number of amides is 2. The van der Waals surface area contributed by atoms with Crippen molar-refractivity contribution in [3.63, 3.8) is 0 Å². The van der Waals surface area contributed by atoms with E-state index in [0.29, 0.717) is 5.82 Å². The molecule has 0 bridgehead atoms. The molecule has 0 spiro atoms. The highest BCUT2D eigenvalue weighted by Gasteiger charge is 2.36. The second kappa shape index (κ2) is 9.91. The molecular formula is C21H25N5O4. The van der Waals surface area contributed by atoms with Crippen LogP contribution in [0.3, 0.4) is 0 Å². The highest BCUT2D eigenvalue weighted by atomic mass is 16.5. The summed E-state index contributed by atoms with van der Waals surface area (Å²) < 4.78 is 4.79. The Balaban J connectivity index is 1.67. The quantitative estimate of drug-likeness (QED) is 0.333. The van der Waals surface area contributed by atoms with Crippen LogP contribution in [0, 0.1) is 0 Å². The molecule has 9 nitrogen and oxygen atoms in total. The number of methoxy groups -OCH3 is 1. The summed E-state index contributed by atoms with van der Waals surface area (Å²) in [4.78, 5) is 38.5. The van der Waals surface area contributed by atoms with E-state index in [1.807, 2.05) is 0 Å². The van der Waals surface area contributed by atoms with Crippen LogP contribution >= 0.6 is 0 Å². The Morgan fingerprint density at radius 3 is 2.40 bits per heavy atom. The van der Waals surface area contributed by atoms with Crippen LogP contribution in [0.1, 0.15) is 44.0 Å². The highest BCUT2D eigenvalue weighted by molar-refractivity contribution is 6.14. The molecule has 0 unspecified atom stereocenters. The van der Waals surface area contributed by atoms with Crippen molar-refractivity contribution >= 4 is 17.8 Å². The van der Waals surface area contributed by atoms with Crippen LogP contribution in [0.25, 0.3) is 5.69 Å². The Bertz CT molecular complexity index is 917. The van der Waals surface area contributed by atoms with E-state index in [1.165, 1.54) is 24.7 Å². The fraction of sp³-hybridized carbons (Fsp3) is 0.429. The lowest BCUT2D eigenvalue weighted by molar-refractivity contribution is -0.155. The largest absolute Gasteiger partial charge is 0.467 e. The van der Waals surface area contributed by atoms with Crippen LogP contribution in [-0.2, 0) is 32.0 Å². The molecule has 158 valence electrons. The van der Waals surface area contributed by atoms with Gasteiger partial charge in [-0.2, -0.15) is 0 Å². The number of imide groups is 1. The monoisotopic (exact) mass is 411 g/mol. The Morgan fingerprint density at radius 1 is 1.07 bits per heavy atom. The number of nitrogens with zero attached hydrogens (tertiary/aromatic N) is 5. The third kappa shape index (κ3) is 4.97. The molecule has 0 aliphatic carbocycles. The van der Waals surface area contributed by atoms with Crippen LogP contribution in [0.5, 0.6) is 0 Å². The molecule has 0 N–H and O–H groups in total. The van der Waals surface area contributed by atoms with Gasteiger partial charge in [0.2, 0.25) is 0 Å². The van der Waals surface area contributed by atoms with Gasteiger partial charge in [0.1, 0.15) is 6.04 Å². The normalized spacial score (nSPS) is 14.4. The van der Waals surface area contributed by atoms with Crippen molar-refractivity contribution in [2.45, 2.75) is 51.5 Å². The molecule has 2 amide bonds. The van der Waals surface area contributed by atoms with Gasteiger partial charge in [-0.1, -0.05) is 38.3 Å². The molecule has 1 aromatic heterocycles. The minimum absolute atomic E-state index is 0.152. The summed E-state index contributed by atoms with van der Waals surface area (Å²) in [6.45, 7) is 2.17. The van der Waals surface area contributed by atoms with Gasteiger partial charge in [0.25, 0.3) is 11.8 Å². The molecule has 2 heterocycles. The Labute approximate surface area is 174 Å². The van der Waals surface area contributed by atoms with E-state index in [9.17, 15) is 14.4 Å². The van der Waals surface area contributed by atoms with Gasteiger partial charge in [-0.05, 0) is 29.3 Å². The molecule has 1 aliphatic heterocycles. The molecule has 0 radical (unpaired) electrons. The first-order valence-corrected chi connectivity index (χ1v) is 10.0. The number of unbranched alkanes of at least 4 members (excludes halogenated alkanes) is 3. The number of benzene rings is 1. The van der Waals surface area contributed by atoms with Gasteiger partial charge in [-0.25, -0.2) is 4.79 Å². The van der Waals surface area contributed by atoms with Gasteiger partial charge in [-0.15, -0.1) is 15.0 Å². The van der Waals surface area contributed by atoms with Gasteiger partial charge in [0.05, 0.1) is 12.8 Å². The fourth-order valence-corrected chi connectivity index (χ4v) is 3.29. The summed E-state index contributed by atoms with van der Waals surface area (Å²) >= 11 is 0. The van der Waals surface area contributed by atoms with Gasteiger partial charge >= 0.3 is 5.97 Å². The summed E-state index contributed by atoms with van der Waals surface area (Å²) in [5.74, 6) is -0.981. The van der Waals surface area contributed by atoms with Crippen LogP contribution < -0.4 is 0 Å². The van der Waals surface area contributed by atoms with Crippen LogP contribution in [0.15, 0.2) is 36.4 Å². The second-order valence-corrected chi connectivity index (χ2v) is 7.10. The van der Waals surface area contributed by atoms with Gasteiger partial charge in [0.15, 0.2) is 5.82 Å². The Hall–Kier alpha value is -3.36. The smallest absolute Gasteiger partial charge is 0.329 e. The maximum Gasteiger partial charge on any atom is 0.329 e. The van der Waals surface area contributed by atoms with Crippen molar-refractivity contribution in [3.8, 4) is 5.69 Å². The number of carbonyl (C=O) groups is 3. The standard InChI is InChI=1S/C21H25N5O4/c1-3-4-5-6-7-18-22-24-26(23-18)16-10-8-15(9-11-16)14-17(21(29)30-2)25-19(27)12-13-20(25)28/h8-13,17H,3-7,14H2,1-2H3/t17-/m0/s1. The lowest BCUT2D eigenvalue weighted by atomic mass is 10.0. The number of esters is 1. The van der Waals surface area contributed by atoms with E-state index in [0.717, 1.165) is 47.6 Å². The summed E-state index contributed by atoms with van der Waals surface area (Å²) in [6.07, 6.45) is 7.82. The highest BCUT2D eigenvalue weighted by Crippen LogP contribution is 2.17.